The Bertz CT molecular complexity index is 1630. The Morgan fingerprint density at radius 3 is 2.51 bits per heavy atom. The van der Waals surface area contributed by atoms with Crippen LogP contribution >= 0.6 is 34.7 Å². The molecule has 2 aromatic heterocycles. The van der Waals surface area contributed by atoms with Gasteiger partial charge >= 0.3 is 5.91 Å². The van der Waals surface area contributed by atoms with E-state index in [0.29, 0.717) is 51.0 Å². The Kier molecular flexibility index (Phi) is 9.96. The second-order valence-corrected chi connectivity index (χ2v) is 12.1. The van der Waals surface area contributed by atoms with E-state index in [1.165, 1.54) is 40.4 Å². The average molecular weight is 637 g/mol. The van der Waals surface area contributed by atoms with Gasteiger partial charge < -0.3 is 14.6 Å². The average Bonchev–Trinajstić information content (AvgIpc) is 3.59. The maximum absolute atomic E-state index is 13.6. The highest BCUT2D eigenvalue weighted by atomic mass is 35.5. The molecule has 1 unspecified atom stereocenters. The van der Waals surface area contributed by atoms with Crippen LogP contribution in [-0.2, 0) is 15.3 Å². The van der Waals surface area contributed by atoms with Crippen LogP contribution < -0.4 is 14.4 Å². The number of thioether (sulfide) groups is 1. The van der Waals surface area contributed by atoms with E-state index >= 15 is 0 Å². The van der Waals surface area contributed by atoms with Gasteiger partial charge in [0, 0.05) is 28.7 Å². The van der Waals surface area contributed by atoms with E-state index in [4.69, 9.17) is 21.1 Å². The van der Waals surface area contributed by atoms with Gasteiger partial charge in [-0.2, -0.15) is 0 Å². The van der Waals surface area contributed by atoms with E-state index in [1.807, 2.05) is 31.2 Å². The lowest BCUT2D eigenvalue weighted by Crippen LogP contribution is -2.29. The number of halogens is 1. The lowest BCUT2D eigenvalue weighted by atomic mass is 9.95. The molecule has 1 saturated heterocycles. The van der Waals surface area contributed by atoms with Gasteiger partial charge in [-0.25, -0.2) is 0 Å². The maximum Gasteiger partial charge on any atom is 0.301 e. The fourth-order valence-corrected chi connectivity index (χ4v) is 6.45. The third-order valence-electron chi connectivity index (χ3n) is 6.61. The number of benzene rings is 2. The third-order valence-corrected chi connectivity index (χ3v) is 8.99. The van der Waals surface area contributed by atoms with Crippen molar-refractivity contribution < 1.29 is 24.2 Å². The van der Waals surface area contributed by atoms with E-state index in [9.17, 15) is 14.7 Å². The molecule has 0 bridgehead atoms. The zero-order valence-corrected chi connectivity index (χ0v) is 25.9. The smallest absolute Gasteiger partial charge is 0.301 e. The Balaban J connectivity index is 1.55. The number of carbonyl (C=O) groups excluding carboxylic acids is 2. The monoisotopic (exact) mass is 636 g/mol. The lowest BCUT2D eigenvalue weighted by molar-refractivity contribution is -0.132. The Labute approximate surface area is 262 Å². The van der Waals surface area contributed by atoms with Gasteiger partial charge in [0.2, 0.25) is 5.13 Å². The van der Waals surface area contributed by atoms with Crippen molar-refractivity contribution in [1.82, 2.24) is 15.2 Å². The highest BCUT2D eigenvalue weighted by Gasteiger charge is 2.48. The fourth-order valence-electron chi connectivity index (χ4n) is 4.50. The summed E-state index contributed by atoms with van der Waals surface area (Å²) in [5.41, 5.74) is 1.89. The fraction of sp³-hybridized carbons (Fsp3) is 0.258. The van der Waals surface area contributed by atoms with E-state index in [2.05, 4.69) is 22.1 Å². The number of rotatable bonds is 12. The molecule has 0 radical (unpaired) electrons. The van der Waals surface area contributed by atoms with Crippen molar-refractivity contribution in [3.8, 4) is 11.5 Å². The number of ether oxygens (including phenoxy) is 2. The molecule has 1 aliphatic rings. The van der Waals surface area contributed by atoms with Crippen LogP contribution in [0, 0.1) is 0 Å². The van der Waals surface area contributed by atoms with Crippen LogP contribution in [0.3, 0.4) is 0 Å². The van der Waals surface area contributed by atoms with Crippen LogP contribution in [0.25, 0.3) is 5.76 Å². The number of aliphatic hydroxyl groups excluding tert-OH is 1. The Hall–Kier alpha value is -3.93. The predicted molar refractivity (Wildman–Crippen MR) is 168 cm³/mol. The number of pyridine rings is 1. The highest BCUT2D eigenvalue weighted by Crippen LogP contribution is 2.45. The second-order valence-electron chi connectivity index (χ2n) is 9.51. The summed E-state index contributed by atoms with van der Waals surface area (Å²) in [6.45, 7) is 4.85. The van der Waals surface area contributed by atoms with Crippen LogP contribution in [0.5, 0.6) is 11.5 Å². The number of hydrogen-bond acceptors (Lipinski definition) is 10. The third kappa shape index (κ3) is 6.84. The molecule has 1 aliphatic heterocycles. The molecule has 1 amide bonds. The van der Waals surface area contributed by atoms with Crippen molar-refractivity contribution in [1.29, 1.82) is 0 Å². The van der Waals surface area contributed by atoms with E-state index in [-0.39, 0.29) is 16.5 Å². The number of amides is 1. The molecule has 222 valence electrons. The Morgan fingerprint density at radius 2 is 1.79 bits per heavy atom. The van der Waals surface area contributed by atoms with Crippen molar-refractivity contribution in [3.63, 3.8) is 0 Å². The van der Waals surface area contributed by atoms with E-state index in [0.717, 1.165) is 18.4 Å². The van der Waals surface area contributed by atoms with Crippen LogP contribution in [0.15, 0.2) is 76.9 Å². The molecule has 0 saturated carbocycles. The molecule has 9 nitrogen and oxygen atoms in total. The summed E-state index contributed by atoms with van der Waals surface area (Å²) < 4.78 is 12.5. The van der Waals surface area contributed by atoms with Gasteiger partial charge in [0.1, 0.15) is 5.76 Å². The topological polar surface area (TPSA) is 115 Å². The highest BCUT2D eigenvalue weighted by molar-refractivity contribution is 8.00. The zero-order chi connectivity index (χ0) is 30.3. The molecule has 3 heterocycles. The number of anilines is 1. The van der Waals surface area contributed by atoms with Crippen LogP contribution in [0.2, 0.25) is 5.02 Å². The number of hydrogen-bond donors (Lipinski definition) is 1. The number of nitrogens with zero attached hydrogens (tertiary/aromatic N) is 4. The molecule has 4 aromatic rings. The quantitative estimate of drug-likeness (QED) is 0.0435. The largest absolute Gasteiger partial charge is 0.507 e. The number of unbranched alkanes of at least 4 members (excludes halogenated alkanes) is 1. The van der Waals surface area contributed by atoms with Gasteiger partial charge in [0.05, 0.1) is 24.8 Å². The van der Waals surface area contributed by atoms with E-state index in [1.54, 1.807) is 30.3 Å². The summed E-state index contributed by atoms with van der Waals surface area (Å²) in [6, 6.07) is 14.9. The van der Waals surface area contributed by atoms with Crippen molar-refractivity contribution in [3.05, 3.63) is 94.3 Å². The lowest BCUT2D eigenvalue weighted by Gasteiger charge is -2.23. The summed E-state index contributed by atoms with van der Waals surface area (Å²) in [4.78, 5) is 32.4. The van der Waals surface area contributed by atoms with Crippen LogP contribution in [0.1, 0.15) is 49.4 Å². The van der Waals surface area contributed by atoms with E-state index < -0.39 is 17.7 Å². The molecular formula is C31H29ClN4O5S2. The van der Waals surface area contributed by atoms with Crippen molar-refractivity contribution in [2.24, 2.45) is 0 Å². The minimum Gasteiger partial charge on any atom is -0.507 e. The summed E-state index contributed by atoms with van der Waals surface area (Å²) in [5, 5.41) is 20.8. The SMILES string of the molecule is CCCCOc1ccc(C2C(=C(O)c3ccncc3)C(=O)C(=O)N2c2nnc(SCc3ccc(Cl)cc3)s2)cc1OCC. The van der Waals surface area contributed by atoms with Gasteiger partial charge in [-0.15, -0.1) is 10.2 Å². The number of aliphatic hydroxyl groups is 1. The summed E-state index contributed by atoms with van der Waals surface area (Å²) >= 11 is 8.65. The first-order chi connectivity index (χ1) is 20.9. The molecule has 43 heavy (non-hydrogen) atoms. The first kappa shape index (κ1) is 30.5. The first-order valence-corrected chi connectivity index (χ1v) is 15.9. The molecule has 0 aliphatic carbocycles. The maximum atomic E-state index is 13.6. The number of Topliss-reactive ketones (excluding diaryl/α,β-unsaturated/α-hetero) is 1. The van der Waals surface area contributed by atoms with Gasteiger partial charge in [-0.3, -0.25) is 19.5 Å². The molecule has 1 fully saturated rings. The number of aromatic nitrogens is 3. The molecule has 1 N–H and O–H groups in total. The van der Waals surface area contributed by atoms with Gasteiger partial charge in [0.15, 0.2) is 15.8 Å². The Morgan fingerprint density at radius 1 is 1.02 bits per heavy atom. The summed E-state index contributed by atoms with van der Waals surface area (Å²) in [6.07, 6.45) is 4.87. The molecule has 0 spiro atoms. The van der Waals surface area contributed by atoms with Crippen LogP contribution in [-0.4, -0.2) is 45.2 Å². The van der Waals surface area contributed by atoms with Crippen molar-refractivity contribution in [2.75, 3.05) is 18.1 Å². The minimum absolute atomic E-state index is 0.0659. The van der Waals surface area contributed by atoms with Crippen molar-refractivity contribution >= 4 is 57.3 Å². The predicted octanol–water partition coefficient (Wildman–Crippen LogP) is 7.08. The van der Waals surface area contributed by atoms with Crippen molar-refractivity contribution in [2.45, 2.75) is 42.8 Å². The number of carbonyl (C=O) groups is 2. The summed E-state index contributed by atoms with van der Waals surface area (Å²) in [7, 11) is 0. The summed E-state index contributed by atoms with van der Waals surface area (Å²) in [5.74, 6) is -0.300. The molecule has 2 aromatic carbocycles. The van der Waals surface area contributed by atoms with Crippen LogP contribution in [0.4, 0.5) is 5.13 Å². The second kappa shape index (κ2) is 14.0. The van der Waals surface area contributed by atoms with Gasteiger partial charge in [-0.05, 0) is 60.9 Å². The van der Waals surface area contributed by atoms with Gasteiger partial charge in [-0.1, -0.05) is 66.2 Å². The normalized spacial score (nSPS) is 16.1. The minimum atomic E-state index is -0.987. The first-order valence-electron chi connectivity index (χ1n) is 13.7. The standard InChI is InChI=1S/C31H29ClN4O5S2/c1-3-5-16-41-23-11-8-21(17-24(23)40-4-2)26-25(27(37)20-12-14-33-15-13-20)28(38)29(39)36(26)30-34-35-31(43-30)42-18-19-6-9-22(32)10-7-19/h6-15,17,26,37H,3-5,16,18H2,1-2H3. The zero-order valence-electron chi connectivity index (χ0n) is 23.5. The molecular weight excluding hydrogens is 608 g/mol. The van der Waals surface area contributed by atoms with Gasteiger partial charge in [0.25, 0.3) is 5.78 Å². The number of ketones is 1. The molecule has 12 heteroatoms. The molecule has 5 rings (SSSR count). The molecule has 1 atom stereocenters.